The van der Waals surface area contributed by atoms with Crippen LogP contribution in [0.4, 0.5) is 16.2 Å². The van der Waals surface area contributed by atoms with Crippen LogP contribution in [0.15, 0.2) is 54.6 Å². The Labute approximate surface area is 166 Å². The molecule has 148 valence electrons. The van der Waals surface area contributed by atoms with Crippen molar-refractivity contribution < 1.29 is 9.59 Å². The van der Waals surface area contributed by atoms with Gasteiger partial charge in [0.15, 0.2) is 0 Å². The van der Waals surface area contributed by atoms with Crippen molar-refractivity contribution in [3.8, 4) is 0 Å². The number of urea groups is 1. The molecule has 0 aromatic heterocycles. The number of nitrogens with one attached hydrogen (secondary N) is 2. The molecule has 3 rings (SSSR count). The minimum Gasteiger partial charge on any atom is -0.378 e. The van der Waals surface area contributed by atoms with Crippen molar-refractivity contribution in [2.75, 3.05) is 37.4 Å². The molecule has 0 radical (unpaired) electrons. The van der Waals surface area contributed by atoms with Crippen LogP contribution in [0.1, 0.15) is 18.4 Å². The van der Waals surface area contributed by atoms with E-state index in [4.69, 9.17) is 0 Å². The zero-order chi connectivity index (χ0) is 19.9. The normalized spacial score (nSPS) is 16.4. The van der Waals surface area contributed by atoms with Crippen LogP contribution in [0.25, 0.3) is 0 Å². The first kappa shape index (κ1) is 19.7. The summed E-state index contributed by atoms with van der Waals surface area (Å²) in [6, 6.07) is 17.4. The van der Waals surface area contributed by atoms with Gasteiger partial charge in [0.2, 0.25) is 5.91 Å². The Morgan fingerprint density at radius 2 is 1.79 bits per heavy atom. The van der Waals surface area contributed by atoms with E-state index >= 15 is 0 Å². The number of para-hydroxylation sites is 1. The SMILES string of the molecule is CN(C)c1ccc(CNC(=O)[C@@H]2CCCN(C(=O)Nc3ccccc3)C2)cc1. The fourth-order valence-electron chi connectivity index (χ4n) is 3.35. The van der Waals surface area contributed by atoms with Crippen LogP contribution < -0.4 is 15.5 Å². The van der Waals surface area contributed by atoms with Gasteiger partial charge < -0.3 is 20.4 Å². The summed E-state index contributed by atoms with van der Waals surface area (Å²) in [5.74, 6) is -0.162. The predicted molar refractivity (Wildman–Crippen MR) is 112 cm³/mol. The van der Waals surface area contributed by atoms with Crippen molar-refractivity contribution in [3.05, 3.63) is 60.2 Å². The van der Waals surface area contributed by atoms with Crippen molar-refractivity contribution in [2.45, 2.75) is 19.4 Å². The Kier molecular flexibility index (Phi) is 6.53. The minimum atomic E-state index is -0.170. The standard InChI is InChI=1S/C22H28N4O2/c1-25(2)20-12-10-17(11-13-20)15-23-21(27)18-7-6-14-26(16-18)22(28)24-19-8-4-3-5-9-19/h3-5,8-13,18H,6-7,14-16H2,1-2H3,(H,23,27)(H,24,28)/t18-/m1/s1. The van der Waals surface area contributed by atoms with Crippen LogP contribution in [0.2, 0.25) is 0 Å². The van der Waals surface area contributed by atoms with E-state index < -0.39 is 0 Å². The van der Waals surface area contributed by atoms with Gasteiger partial charge in [0.1, 0.15) is 0 Å². The van der Waals surface area contributed by atoms with Crippen LogP contribution in [0.3, 0.4) is 0 Å². The molecule has 0 spiro atoms. The van der Waals surface area contributed by atoms with E-state index in [1.54, 1.807) is 4.90 Å². The molecule has 2 aromatic rings. The van der Waals surface area contributed by atoms with Crippen molar-refractivity contribution >= 4 is 23.3 Å². The van der Waals surface area contributed by atoms with Gasteiger partial charge in [0.25, 0.3) is 0 Å². The van der Waals surface area contributed by atoms with E-state index in [-0.39, 0.29) is 17.9 Å². The summed E-state index contributed by atoms with van der Waals surface area (Å²) >= 11 is 0. The molecule has 0 saturated carbocycles. The Morgan fingerprint density at radius 3 is 2.46 bits per heavy atom. The summed E-state index contributed by atoms with van der Waals surface area (Å²) in [4.78, 5) is 28.8. The molecule has 2 N–H and O–H groups in total. The molecule has 0 unspecified atom stereocenters. The molecule has 0 aliphatic carbocycles. The highest BCUT2D eigenvalue weighted by molar-refractivity contribution is 5.90. The molecule has 2 aromatic carbocycles. The highest BCUT2D eigenvalue weighted by atomic mass is 16.2. The lowest BCUT2D eigenvalue weighted by Gasteiger charge is -2.32. The number of benzene rings is 2. The summed E-state index contributed by atoms with van der Waals surface area (Å²) in [5, 5.41) is 5.91. The van der Waals surface area contributed by atoms with Crippen LogP contribution in [-0.4, -0.2) is 44.0 Å². The maximum absolute atomic E-state index is 12.6. The highest BCUT2D eigenvalue weighted by Gasteiger charge is 2.28. The van der Waals surface area contributed by atoms with Crippen molar-refractivity contribution in [1.29, 1.82) is 0 Å². The van der Waals surface area contributed by atoms with Crippen molar-refractivity contribution in [2.24, 2.45) is 5.92 Å². The lowest BCUT2D eigenvalue weighted by molar-refractivity contribution is -0.126. The third kappa shape index (κ3) is 5.25. The summed E-state index contributed by atoms with van der Waals surface area (Å²) in [6.07, 6.45) is 1.64. The lowest BCUT2D eigenvalue weighted by Crippen LogP contribution is -2.46. The second-order valence-corrected chi connectivity index (χ2v) is 7.36. The summed E-state index contributed by atoms with van der Waals surface area (Å²) in [6.45, 7) is 1.62. The lowest BCUT2D eigenvalue weighted by atomic mass is 9.97. The van der Waals surface area contributed by atoms with Crippen LogP contribution in [0, 0.1) is 5.92 Å². The summed E-state index contributed by atoms with van der Waals surface area (Å²) in [5.41, 5.74) is 2.95. The van der Waals surface area contributed by atoms with Crippen LogP contribution in [-0.2, 0) is 11.3 Å². The maximum atomic E-state index is 12.6. The fourth-order valence-corrected chi connectivity index (χ4v) is 3.35. The van der Waals surface area contributed by atoms with E-state index in [1.165, 1.54) is 0 Å². The Balaban J connectivity index is 1.50. The topological polar surface area (TPSA) is 64.7 Å². The monoisotopic (exact) mass is 380 g/mol. The zero-order valence-electron chi connectivity index (χ0n) is 16.5. The van der Waals surface area contributed by atoms with E-state index in [0.717, 1.165) is 29.8 Å². The van der Waals surface area contributed by atoms with Crippen molar-refractivity contribution in [3.63, 3.8) is 0 Å². The maximum Gasteiger partial charge on any atom is 0.321 e. The molecular weight excluding hydrogens is 352 g/mol. The number of piperidine rings is 1. The van der Waals surface area contributed by atoms with Gasteiger partial charge >= 0.3 is 6.03 Å². The minimum absolute atomic E-state index is 0.00824. The highest BCUT2D eigenvalue weighted by Crippen LogP contribution is 2.19. The first-order chi connectivity index (χ1) is 13.5. The van der Waals surface area contributed by atoms with Crippen molar-refractivity contribution in [1.82, 2.24) is 10.2 Å². The van der Waals surface area contributed by atoms with Crippen LogP contribution >= 0.6 is 0 Å². The Bertz CT molecular complexity index is 790. The Hall–Kier alpha value is -3.02. The zero-order valence-corrected chi connectivity index (χ0v) is 16.5. The fraction of sp³-hybridized carbons (Fsp3) is 0.364. The van der Waals surface area contributed by atoms with Gasteiger partial charge in [-0.2, -0.15) is 0 Å². The molecular formula is C22H28N4O2. The largest absolute Gasteiger partial charge is 0.378 e. The number of nitrogens with zero attached hydrogens (tertiary/aromatic N) is 2. The quantitative estimate of drug-likeness (QED) is 0.836. The van der Waals surface area contributed by atoms with Gasteiger partial charge in [-0.05, 0) is 42.7 Å². The number of hydrogen-bond donors (Lipinski definition) is 2. The molecule has 1 fully saturated rings. The average molecular weight is 380 g/mol. The summed E-state index contributed by atoms with van der Waals surface area (Å²) in [7, 11) is 4.00. The molecule has 1 aliphatic rings. The van der Waals surface area contributed by atoms with E-state index in [9.17, 15) is 9.59 Å². The number of rotatable bonds is 5. The third-order valence-electron chi connectivity index (χ3n) is 5.02. The number of hydrogen-bond acceptors (Lipinski definition) is 3. The van der Waals surface area contributed by atoms with Gasteiger partial charge in [0.05, 0.1) is 5.92 Å². The molecule has 0 bridgehead atoms. The number of amides is 3. The van der Waals surface area contributed by atoms with E-state index in [2.05, 4.69) is 10.6 Å². The van der Waals surface area contributed by atoms with Gasteiger partial charge in [-0.15, -0.1) is 0 Å². The molecule has 1 atom stereocenters. The third-order valence-corrected chi connectivity index (χ3v) is 5.02. The second kappa shape index (κ2) is 9.26. The van der Waals surface area contributed by atoms with Crippen LogP contribution in [0.5, 0.6) is 0 Å². The summed E-state index contributed by atoms with van der Waals surface area (Å²) < 4.78 is 0. The van der Waals surface area contributed by atoms with Gasteiger partial charge in [-0.1, -0.05) is 30.3 Å². The van der Waals surface area contributed by atoms with Gasteiger partial charge in [-0.3, -0.25) is 4.79 Å². The predicted octanol–water partition coefficient (Wildman–Crippen LogP) is 3.31. The molecule has 1 heterocycles. The molecule has 3 amide bonds. The second-order valence-electron chi connectivity index (χ2n) is 7.36. The first-order valence-corrected chi connectivity index (χ1v) is 9.68. The number of likely N-dealkylation sites (tertiary alicyclic amines) is 1. The van der Waals surface area contributed by atoms with Gasteiger partial charge in [0, 0.05) is 45.1 Å². The van der Waals surface area contributed by atoms with E-state index in [0.29, 0.717) is 19.6 Å². The van der Waals surface area contributed by atoms with E-state index in [1.807, 2.05) is 73.6 Å². The number of carbonyl (C=O) groups excluding carboxylic acids is 2. The molecule has 6 nitrogen and oxygen atoms in total. The smallest absolute Gasteiger partial charge is 0.321 e. The van der Waals surface area contributed by atoms with Gasteiger partial charge in [-0.25, -0.2) is 4.79 Å². The Morgan fingerprint density at radius 1 is 1.07 bits per heavy atom. The average Bonchev–Trinajstić information content (AvgIpc) is 2.73. The molecule has 1 aliphatic heterocycles. The molecule has 28 heavy (non-hydrogen) atoms. The molecule has 6 heteroatoms. The number of anilines is 2. The first-order valence-electron chi connectivity index (χ1n) is 9.68. The molecule has 1 saturated heterocycles. The number of carbonyl (C=O) groups is 2.